The average Bonchev–Trinajstić information content (AvgIpc) is 2.74. The van der Waals surface area contributed by atoms with E-state index in [1.807, 2.05) is 13.1 Å². The highest BCUT2D eigenvalue weighted by molar-refractivity contribution is 5.88. The zero-order chi connectivity index (χ0) is 12.4. The molecule has 0 aliphatic rings. The molecule has 88 valence electrons. The van der Waals surface area contributed by atoms with Crippen LogP contribution in [0.25, 0.3) is 5.69 Å². The third kappa shape index (κ3) is 2.13. The van der Waals surface area contributed by atoms with E-state index in [9.17, 15) is 4.79 Å². The minimum Gasteiger partial charge on any atom is -0.494 e. The van der Waals surface area contributed by atoms with E-state index in [0.29, 0.717) is 11.4 Å². The van der Waals surface area contributed by atoms with Crippen molar-refractivity contribution in [3.63, 3.8) is 0 Å². The highest BCUT2D eigenvalue weighted by Gasteiger charge is 2.10. The average molecular weight is 232 g/mol. The predicted molar refractivity (Wildman–Crippen MR) is 61.8 cm³/mol. The minimum absolute atomic E-state index is 0.189. The van der Waals surface area contributed by atoms with Crippen LogP contribution < -0.4 is 4.74 Å². The van der Waals surface area contributed by atoms with Gasteiger partial charge in [0.15, 0.2) is 0 Å². The SMILES string of the molecule is COc1cc(C(=O)O)ccc1-n1cc(C)cn1. The van der Waals surface area contributed by atoms with Gasteiger partial charge in [0.2, 0.25) is 0 Å². The third-order valence-electron chi connectivity index (χ3n) is 2.39. The molecule has 1 N–H and O–H groups in total. The molecule has 0 radical (unpaired) electrons. The zero-order valence-corrected chi connectivity index (χ0v) is 9.54. The first kappa shape index (κ1) is 11.2. The summed E-state index contributed by atoms with van der Waals surface area (Å²) in [7, 11) is 1.50. The second-order valence-electron chi connectivity index (χ2n) is 3.65. The summed E-state index contributed by atoms with van der Waals surface area (Å²) >= 11 is 0. The number of carboxylic acids is 1. The Morgan fingerprint density at radius 3 is 2.76 bits per heavy atom. The van der Waals surface area contributed by atoms with Crippen molar-refractivity contribution in [2.45, 2.75) is 6.92 Å². The van der Waals surface area contributed by atoms with Gasteiger partial charge in [0.25, 0.3) is 0 Å². The number of hydrogen-bond acceptors (Lipinski definition) is 3. The summed E-state index contributed by atoms with van der Waals surface area (Å²) in [5, 5.41) is 13.1. The van der Waals surface area contributed by atoms with Crippen LogP contribution in [0.1, 0.15) is 15.9 Å². The molecule has 0 unspecified atom stereocenters. The van der Waals surface area contributed by atoms with Crippen molar-refractivity contribution in [2.75, 3.05) is 7.11 Å². The fourth-order valence-electron chi connectivity index (χ4n) is 1.54. The summed E-state index contributed by atoms with van der Waals surface area (Å²) in [4.78, 5) is 10.8. The summed E-state index contributed by atoms with van der Waals surface area (Å²) < 4.78 is 6.83. The predicted octanol–water partition coefficient (Wildman–Crippen LogP) is 1.89. The van der Waals surface area contributed by atoms with Crippen molar-refractivity contribution < 1.29 is 14.6 Å². The monoisotopic (exact) mass is 232 g/mol. The maximum absolute atomic E-state index is 10.8. The van der Waals surface area contributed by atoms with Crippen LogP contribution in [-0.4, -0.2) is 28.0 Å². The van der Waals surface area contributed by atoms with Crippen molar-refractivity contribution in [2.24, 2.45) is 0 Å². The Morgan fingerprint density at radius 2 is 2.24 bits per heavy atom. The van der Waals surface area contributed by atoms with E-state index in [0.717, 1.165) is 5.56 Å². The number of carbonyl (C=O) groups is 1. The van der Waals surface area contributed by atoms with Crippen molar-refractivity contribution in [3.05, 3.63) is 41.7 Å². The van der Waals surface area contributed by atoms with Crippen LogP contribution in [0, 0.1) is 6.92 Å². The molecule has 0 atom stereocenters. The lowest BCUT2D eigenvalue weighted by molar-refractivity contribution is 0.0696. The summed E-state index contributed by atoms with van der Waals surface area (Å²) in [5.41, 5.74) is 1.93. The molecule has 0 bridgehead atoms. The van der Waals surface area contributed by atoms with Crippen molar-refractivity contribution in [1.29, 1.82) is 0 Å². The van der Waals surface area contributed by atoms with Crippen LogP contribution in [-0.2, 0) is 0 Å². The van der Waals surface area contributed by atoms with Gasteiger partial charge < -0.3 is 9.84 Å². The Bertz CT molecular complexity index is 561. The zero-order valence-electron chi connectivity index (χ0n) is 9.54. The summed E-state index contributed by atoms with van der Waals surface area (Å²) in [6, 6.07) is 4.68. The smallest absolute Gasteiger partial charge is 0.335 e. The van der Waals surface area contributed by atoms with Crippen molar-refractivity contribution >= 4 is 5.97 Å². The number of aromatic nitrogens is 2. The van der Waals surface area contributed by atoms with Crippen molar-refractivity contribution in [1.82, 2.24) is 9.78 Å². The van der Waals surface area contributed by atoms with Crippen LogP contribution in [0.15, 0.2) is 30.6 Å². The molecule has 5 heteroatoms. The standard InChI is InChI=1S/C12H12N2O3/c1-8-6-13-14(7-8)10-4-3-9(12(15)16)5-11(10)17-2/h3-7H,1-2H3,(H,15,16). The van der Waals surface area contributed by atoms with E-state index in [1.54, 1.807) is 16.9 Å². The van der Waals surface area contributed by atoms with Gasteiger partial charge >= 0.3 is 5.97 Å². The van der Waals surface area contributed by atoms with Crippen LogP contribution >= 0.6 is 0 Å². The molecule has 0 aliphatic heterocycles. The van der Waals surface area contributed by atoms with Crippen molar-refractivity contribution in [3.8, 4) is 11.4 Å². The number of rotatable bonds is 3. The van der Waals surface area contributed by atoms with Gasteiger partial charge in [0.05, 0.1) is 18.9 Å². The van der Waals surface area contributed by atoms with E-state index < -0.39 is 5.97 Å². The first-order chi connectivity index (χ1) is 8.11. The Hall–Kier alpha value is -2.30. The second-order valence-corrected chi connectivity index (χ2v) is 3.65. The molecule has 0 saturated heterocycles. The fourth-order valence-corrected chi connectivity index (χ4v) is 1.54. The molecular weight excluding hydrogens is 220 g/mol. The largest absolute Gasteiger partial charge is 0.494 e. The van der Waals surface area contributed by atoms with E-state index in [4.69, 9.17) is 9.84 Å². The van der Waals surface area contributed by atoms with E-state index in [1.165, 1.54) is 19.2 Å². The molecular formula is C12H12N2O3. The number of aryl methyl sites for hydroxylation is 1. The molecule has 0 spiro atoms. The molecule has 1 heterocycles. The number of methoxy groups -OCH3 is 1. The summed E-state index contributed by atoms with van der Waals surface area (Å²) in [6.07, 6.45) is 3.57. The number of ether oxygens (including phenoxy) is 1. The molecule has 5 nitrogen and oxygen atoms in total. The van der Waals surface area contributed by atoms with Crippen LogP contribution in [0.5, 0.6) is 5.75 Å². The third-order valence-corrected chi connectivity index (χ3v) is 2.39. The first-order valence-electron chi connectivity index (χ1n) is 5.05. The van der Waals surface area contributed by atoms with Crippen LogP contribution in [0.4, 0.5) is 0 Å². The molecule has 1 aromatic carbocycles. The number of aromatic carboxylic acids is 1. The molecule has 2 aromatic rings. The molecule has 2 rings (SSSR count). The molecule has 0 aliphatic carbocycles. The molecule has 0 amide bonds. The van der Waals surface area contributed by atoms with Crippen LogP contribution in [0.3, 0.4) is 0 Å². The number of benzene rings is 1. The quantitative estimate of drug-likeness (QED) is 0.877. The van der Waals surface area contributed by atoms with Gasteiger partial charge in [-0.1, -0.05) is 0 Å². The molecule has 17 heavy (non-hydrogen) atoms. The highest BCUT2D eigenvalue weighted by Crippen LogP contribution is 2.23. The number of carboxylic acid groups (broad SMARTS) is 1. The highest BCUT2D eigenvalue weighted by atomic mass is 16.5. The van der Waals surface area contributed by atoms with E-state index >= 15 is 0 Å². The van der Waals surface area contributed by atoms with Gasteiger partial charge in [-0.3, -0.25) is 0 Å². The van der Waals surface area contributed by atoms with Gasteiger partial charge in [-0.2, -0.15) is 5.10 Å². The topological polar surface area (TPSA) is 64.3 Å². The van der Waals surface area contributed by atoms with E-state index in [2.05, 4.69) is 5.10 Å². The van der Waals surface area contributed by atoms with Gasteiger partial charge in [0.1, 0.15) is 11.4 Å². The van der Waals surface area contributed by atoms with Gasteiger partial charge in [0, 0.05) is 6.20 Å². The Morgan fingerprint density at radius 1 is 1.47 bits per heavy atom. The van der Waals surface area contributed by atoms with Crippen LogP contribution in [0.2, 0.25) is 0 Å². The first-order valence-corrected chi connectivity index (χ1v) is 5.05. The Kier molecular flexibility index (Phi) is 2.82. The Balaban J connectivity index is 2.51. The maximum atomic E-state index is 10.8. The summed E-state index contributed by atoms with van der Waals surface area (Å²) in [5.74, 6) is -0.500. The molecule has 0 saturated carbocycles. The lowest BCUT2D eigenvalue weighted by atomic mass is 10.2. The van der Waals surface area contributed by atoms with Gasteiger partial charge in [-0.25, -0.2) is 9.48 Å². The number of hydrogen-bond donors (Lipinski definition) is 1. The van der Waals surface area contributed by atoms with Gasteiger partial charge in [-0.05, 0) is 30.7 Å². The lowest BCUT2D eigenvalue weighted by Crippen LogP contribution is -2.02. The normalized spacial score (nSPS) is 10.2. The van der Waals surface area contributed by atoms with E-state index in [-0.39, 0.29) is 5.56 Å². The maximum Gasteiger partial charge on any atom is 0.335 e. The molecule has 0 fully saturated rings. The Labute approximate surface area is 98.3 Å². The lowest BCUT2D eigenvalue weighted by Gasteiger charge is -2.09. The fraction of sp³-hybridized carbons (Fsp3) is 0.167. The minimum atomic E-state index is -0.980. The summed E-state index contributed by atoms with van der Waals surface area (Å²) in [6.45, 7) is 1.93. The molecule has 1 aromatic heterocycles. The second kappa shape index (κ2) is 4.29. The number of nitrogens with zero attached hydrogens (tertiary/aromatic N) is 2. The van der Waals surface area contributed by atoms with Gasteiger partial charge in [-0.15, -0.1) is 0 Å².